The lowest BCUT2D eigenvalue weighted by molar-refractivity contribution is 0.0515. The lowest BCUT2D eigenvalue weighted by Crippen LogP contribution is -2.40. The molecule has 1 aliphatic rings. The highest BCUT2D eigenvalue weighted by atomic mass is 35.5. The van der Waals surface area contributed by atoms with Gasteiger partial charge in [0.15, 0.2) is 0 Å². The number of benzene rings is 1. The second kappa shape index (κ2) is 9.18. The molecule has 0 aliphatic carbocycles. The summed E-state index contributed by atoms with van der Waals surface area (Å²) in [7, 11) is 0. The van der Waals surface area contributed by atoms with Crippen molar-refractivity contribution in [3.8, 4) is 11.1 Å². The van der Waals surface area contributed by atoms with Crippen molar-refractivity contribution in [1.82, 2.24) is 4.98 Å². The molecule has 8 heteroatoms. The van der Waals surface area contributed by atoms with E-state index in [4.69, 9.17) is 26.8 Å². The Hall–Kier alpha value is -2.38. The number of carbonyl (C=O) groups is 1. The van der Waals surface area contributed by atoms with E-state index < -0.39 is 17.5 Å². The number of halogens is 2. The first-order valence-electron chi connectivity index (χ1n) is 9.93. The van der Waals surface area contributed by atoms with Crippen LogP contribution >= 0.6 is 11.6 Å². The molecule has 30 heavy (non-hydrogen) atoms. The molecule has 1 aliphatic heterocycles. The van der Waals surface area contributed by atoms with Gasteiger partial charge in [0.2, 0.25) is 0 Å². The monoisotopic (exact) mass is 435 g/mol. The van der Waals surface area contributed by atoms with Crippen LogP contribution in [0.2, 0.25) is 5.02 Å². The second-order valence-corrected chi connectivity index (χ2v) is 8.81. The number of nitrogens with zero attached hydrogens (tertiary/aromatic N) is 2. The van der Waals surface area contributed by atoms with E-state index in [1.807, 2.05) is 20.8 Å². The molecule has 3 rings (SSSR count). The van der Waals surface area contributed by atoms with E-state index in [0.29, 0.717) is 31.0 Å². The summed E-state index contributed by atoms with van der Waals surface area (Å²) in [6, 6.07) is 6.00. The van der Waals surface area contributed by atoms with Crippen molar-refractivity contribution in [2.24, 2.45) is 5.92 Å². The van der Waals surface area contributed by atoms with Gasteiger partial charge in [0, 0.05) is 42.8 Å². The third kappa shape index (κ3) is 5.61. The fraction of sp³-hybridized carbons (Fsp3) is 0.455. The minimum atomic E-state index is -0.656. The maximum absolute atomic E-state index is 14.7. The van der Waals surface area contributed by atoms with Crippen LogP contribution in [0, 0.1) is 11.7 Å². The van der Waals surface area contributed by atoms with Gasteiger partial charge in [-0.3, -0.25) is 4.90 Å². The summed E-state index contributed by atoms with van der Waals surface area (Å²) in [5.74, 6) is 0.0202. The number of ether oxygens (including phenoxy) is 2. The average molecular weight is 436 g/mol. The van der Waals surface area contributed by atoms with E-state index in [1.165, 1.54) is 18.3 Å². The maximum atomic E-state index is 14.7. The highest BCUT2D eigenvalue weighted by molar-refractivity contribution is 6.33. The van der Waals surface area contributed by atoms with Crippen LogP contribution in [0.5, 0.6) is 0 Å². The van der Waals surface area contributed by atoms with Crippen LogP contribution in [0.25, 0.3) is 11.1 Å². The molecule has 0 saturated carbocycles. The smallest absolute Gasteiger partial charge is 0.414 e. The summed E-state index contributed by atoms with van der Waals surface area (Å²) in [6.45, 7) is 7.21. The lowest BCUT2D eigenvalue weighted by atomic mass is 9.99. The Bertz CT molecular complexity index is 911. The van der Waals surface area contributed by atoms with Crippen molar-refractivity contribution in [1.29, 1.82) is 0 Å². The Balaban J connectivity index is 1.99. The van der Waals surface area contributed by atoms with E-state index in [-0.39, 0.29) is 22.3 Å². The summed E-state index contributed by atoms with van der Waals surface area (Å²) in [6.07, 6.45) is 2.60. The summed E-state index contributed by atoms with van der Waals surface area (Å²) >= 11 is 6.24. The number of carbonyl (C=O) groups excluding carboxylic acids is 1. The van der Waals surface area contributed by atoms with Gasteiger partial charge in [0.1, 0.15) is 17.2 Å². The van der Waals surface area contributed by atoms with Gasteiger partial charge in [-0.05, 0) is 63.8 Å². The molecule has 0 bridgehead atoms. The molecule has 2 heterocycles. The van der Waals surface area contributed by atoms with Gasteiger partial charge in [0.25, 0.3) is 0 Å². The molecule has 6 nitrogen and oxygen atoms in total. The van der Waals surface area contributed by atoms with Crippen LogP contribution in [-0.4, -0.2) is 36.4 Å². The number of nitrogen functional groups attached to an aromatic ring is 1. The standard InChI is InChI=1S/C22H27ClFN3O3/c1-22(2,3)30-21(28)27(13-14-6-8-29-9-7-14)15-4-5-19(24)17(10-15)16-11-20(25)26-12-18(16)23/h4-5,10-12,14H,6-9,13H2,1-3H3,(H2,25,26). The number of anilines is 2. The van der Waals surface area contributed by atoms with E-state index in [1.54, 1.807) is 17.0 Å². The molecule has 1 amide bonds. The zero-order chi connectivity index (χ0) is 21.9. The number of hydrogen-bond acceptors (Lipinski definition) is 5. The number of amides is 1. The first kappa shape index (κ1) is 22.3. The average Bonchev–Trinajstić information content (AvgIpc) is 2.68. The fourth-order valence-corrected chi connectivity index (χ4v) is 3.54. The van der Waals surface area contributed by atoms with Crippen LogP contribution < -0.4 is 10.6 Å². The van der Waals surface area contributed by atoms with E-state index >= 15 is 0 Å². The summed E-state index contributed by atoms with van der Waals surface area (Å²) in [5.41, 5.74) is 6.29. The molecular weight excluding hydrogens is 409 g/mol. The predicted octanol–water partition coefficient (Wildman–Crippen LogP) is 5.29. The Morgan fingerprint density at radius 1 is 1.30 bits per heavy atom. The molecule has 1 aromatic heterocycles. The largest absolute Gasteiger partial charge is 0.443 e. The highest BCUT2D eigenvalue weighted by Gasteiger charge is 2.28. The maximum Gasteiger partial charge on any atom is 0.414 e. The number of aromatic nitrogens is 1. The van der Waals surface area contributed by atoms with Crippen molar-refractivity contribution in [3.63, 3.8) is 0 Å². The van der Waals surface area contributed by atoms with Crippen LogP contribution in [0.3, 0.4) is 0 Å². The molecule has 1 saturated heterocycles. The molecule has 1 fully saturated rings. The Morgan fingerprint density at radius 2 is 2.00 bits per heavy atom. The van der Waals surface area contributed by atoms with Crippen molar-refractivity contribution >= 4 is 29.2 Å². The number of pyridine rings is 1. The molecule has 0 atom stereocenters. The Kier molecular flexibility index (Phi) is 6.83. The summed E-state index contributed by atoms with van der Waals surface area (Å²) < 4.78 is 25.7. The third-order valence-electron chi connectivity index (χ3n) is 4.82. The number of nitrogens with two attached hydrogens (primary N) is 1. The SMILES string of the molecule is CC(C)(C)OC(=O)N(CC1CCOCC1)c1ccc(F)c(-c2cc(N)ncc2Cl)c1. The zero-order valence-electron chi connectivity index (χ0n) is 17.5. The van der Waals surface area contributed by atoms with Crippen molar-refractivity contribution < 1.29 is 18.7 Å². The van der Waals surface area contributed by atoms with E-state index in [0.717, 1.165) is 12.8 Å². The third-order valence-corrected chi connectivity index (χ3v) is 5.12. The second-order valence-electron chi connectivity index (χ2n) is 8.40. The molecule has 0 unspecified atom stereocenters. The molecule has 0 radical (unpaired) electrons. The minimum Gasteiger partial charge on any atom is -0.443 e. The Morgan fingerprint density at radius 3 is 2.67 bits per heavy atom. The summed E-state index contributed by atoms with van der Waals surface area (Å²) in [5, 5.41) is 0.272. The quantitative estimate of drug-likeness (QED) is 0.705. The van der Waals surface area contributed by atoms with Crippen molar-refractivity contribution in [2.45, 2.75) is 39.2 Å². The molecule has 0 spiro atoms. The van der Waals surface area contributed by atoms with Gasteiger partial charge in [0.05, 0.1) is 5.02 Å². The molecule has 162 valence electrons. The van der Waals surface area contributed by atoms with Crippen molar-refractivity contribution in [2.75, 3.05) is 30.4 Å². The summed E-state index contributed by atoms with van der Waals surface area (Å²) in [4.78, 5) is 18.5. The van der Waals surface area contributed by atoms with Gasteiger partial charge in [-0.15, -0.1) is 0 Å². The normalized spacial score (nSPS) is 15.1. The van der Waals surface area contributed by atoms with Gasteiger partial charge < -0.3 is 15.2 Å². The van der Waals surface area contributed by atoms with E-state index in [9.17, 15) is 9.18 Å². The van der Waals surface area contributed by atoms with Gasteiger partial charge in [-0.25, -0.2) is 14.2 Å². The first-order chi connectivity index (χ1) is 14.1. The lowest BCUT2D eigenvalue weighted by Gasteiger charge is -2.32. The molecular formula is C22H27ClFN3O3. The van der Waals surface area contributed by atoms with Gasteiger partial charge in [-0.2, -0.15) is 0 Å². The number of rotatable bonds is 4. The number of hydrogen-bond donors (Lipinski definition) is 1. The minimum absolute atomic E-state index is 0.227. The topological polar surface area (TPSA) is 77.7 Å². The first-order valence-corrected chi connectivity index (χ1v) is 10.3. The van der Waals surface area contributed by atoms with Crippen LogP contribution in [0.15, 0.2) is 30.5 Å². The van der Waals surface area contributed by atoms with Crippen LogP contribution in [-0.2, 0) is 9.47 Å². The zero-order valence-corrected chi connectivity index (χ0v) is 18.2. The van der Waals surface area contributed by atoms with Crippen LogP contribution in [0.1, 0.15) is 33.6 Å². The van der Waals surface area contributed by atoms with Crippen molar-refractivity contribution in [3.05, 3.63) is 41.3 Å². The van der Waals surface area contributed by atoms with Gasteiger partial charge >= 0.3 is 6.09 Å². The highest BCUT2D eigenvalue weighted by Crippen LogP contribution is 2.34. The molecule has 2 N–H and O–H groups in total. The molecule has 1 aromatic carbocycles. The predicted molar refractivity (Wildman–Crippen MR) is 116 cm³/mol. The molecule has 2 aromatic rings. The van der Waals surface area contributed by atoms with Crippen LogP contribution in [0.4, 0.5) is 20.7 Å². The fourth-order valence-electron chi connectivity index (χ4n) is 3.34. The van der Waals surface area contributed by atoms with Gasteiger partial charge in [-0.1, -0.05) is 11.6 Å². The Labute approximate surface area is 181 Å². The van der Waals surface area contributed by atoms with E-state index in [2.05, 4.69) is 4.98 Å².